The molecule has 0 fully saturated rings. The van der Waals surface area contributed by atoms with Crippen LogP contribution in [-0.2, 0) is 19.9 Å². The number of rotatable bonds is 6. The van der Waals surface area contributed by atoms with Crippen molar-refractivity contribution < 1.29 is 0 Å². The van der Waals surface area contributed by atoms with Crippen molar-refractivity contribution >= 4 is 11.6 Å². The van der Waals surface area contributed by atoms with Crippen LogP contribution in [0.2, 0.25) is 5.02 Å². The zero-order valence-corrected chi connectivity index (χ0v) is 13.9. The van der Waals surface area contributed by atoms with E-state index in [9.17, 15) is 0 Å². The van der Waals surface area contributed by atoms with Gasteiger partial charge in [-0.25, -0.2) is 0 Å². The highest BCUT2D eigenvalue weighted by Crippen LogP contribution is 2.26. The fourth-order valence-corrected chi connectivity index (χ4v) is 2.89. The van der Waals surface area contributed by atoms with Gasteiger partial charge in [0.25, 0.3) is 0 Å². The van der Waals surface area contributed by atoms with Crippen molar-refractivity contribution in [2.75, 3.05) is 6.54 Å². The first-order valence-corrected chi connectivity index (χ1v) is 7.59. The van der Waals surface area contributed by atoms with Crippen molar-refractivity contribution in [3.8, 4) is 0 Å². The molecule has 0 spiro atoms. The zero-order chi connectivity index (χ0) is 14.6. The molecule has 1 atom stereocenters. The maximum Gasteiger partial charge on any atom is 0.0850 e. The van der Waals surface area contributed by atoms with Gasteiger partial charge in [0.15, 0.2) is 0 Å². The van der Waals surface area contributed by atoms with Crippen molar-refractivity contribution in [1.82, 2.24) is 15.1 Å². The van der Waals surface area contributed by atoms with E-state index in [1.807, 2.05) is 11.7 Å². The number of hydrogen-bond donors (Lipinski definition) is 1. The van der Waals surface area contributed by atoms with E-state index in [1.54, 1.807) is 0 Å². The van der Waals surface area contributed by atoms with E-state index in [0.717, 1.165) is 42.2 Å². The van der Waals surface area contributed by atoms with Gasteiger partial charge in [-0.15, -0.1) is 0 Å². The largest absolute Gasteiger partial charge is 0.314 e. The van der Waals surface area contributed by atoms with Crippen LogP contribution in [0.3, 0.4) is 0 Å². The molecule has 0 aromatic carbocycles. The van der Waals surface area contributed by atoms with Crippen LogP contribution >= 0.6 is 11.6 Å². The minimum atomic E-state index is 0.311. The molecule has 0 saturated heterocycles. The van der Waals surface area contributed by atoms with E-state index < -0.39 is 0 Å². The van der Waals surface area contributed by atoms with E-state index in [4.69, 9.17) is 11.6 Å². The molecule has 1 N–H and O–H groups in total. The number of hydrogen-bond acceptors (Lipinski definition) is 2. The van der Waals surface area contributed by atoms with Gasteiger partial charge >= 0.3 is 0 Å². The molecular formula is C15H28ClN3. The molecule has 19 heavy (non-hydrogen) atoms. The van der Waals surface area contributed by atoms with E-state index in [1.165, 1.54) is 0 Å². The lowest BCUT2D eigenvalue weighted by Gasteiger charge is -2.26. The summed E-state index contributed by atoms with van der Waals surface area (Å²) < 4.78 is 1.94. The first-order valence-electron chi connectivity index (χ1n) is 7.22. The lowest BCUT2D eigenvalue weighted by Crippen LogP contribution is -2.35. The summed E-state index contributed by atoms with van der Waals surface area (Å²) in [5.74, 6) is 0. The molecule has 0 amide bonds. The van der Waals surface area contributed by atoms with E-state index >= 15 is 0 Å². The maximum absolute atomic E-state index is 6.43. The highest BCUT2D eigenvalue weighted by atomic mass is 35.5. The Hall–Kier alpha value is -0.540. The van der Waals surface area contributed by atoms with Crippen LogP contribution in [0.5, 0.6) is 0 Å². The molecule has 1 unspecified atom stereocenters. The summed E-state index contributed by atoms with van der Waals surface area (Å²) in [6.07, 6.45) is 2.95. The standard InChI is InChI=1S/C15H28ClN3/c1-7-12-14(16)13(19(6)18-12)9-11(17-8-2)10-15(3,4)5/h11,17H,7-10H2,1-6H3. The van der Waals surface area contributed by atoms with Crippen molar-refractivity contribution in [3.05, 3.63) is 16.4 Å². The summed E-state index contributed by atoms with van der Waals surface area (Å²) in [6, 6.07) is 0.447. The second kappa shape index (κ2) is 6.76. The van der Waals surface area contributed by atoms with Gasteiger partial charge in [-0.05, 0) is 24.8 Å². The van der Waals surface area contributed by atoms with Crippen molar-refractivity contribution in [2.45, 2.75) is 59.9 Å². The molecule has 1 aromatic heterocycles. The van der Waals surface area contributed by atoms with Gasteiger partial charge in [-0.1, -0.05) is 46.2 Å². The molecule has 0 aliphatic heterocycles. The van der Waals surface area contributed by atoms with Gasteiger partial charge in [0.1, 0.15) is 0 Å². The molecule has 0 aliphatic carbocycles. The summed E-state index contributed by atoms with van der Waals surface area (Å²) in [5.41, 5.74) is 2.46. The normalized spacial score (nSPS) is 13.8. The Bertz CT molecular complexity index is 404. The van der Waals surface area contributed by atoms with E-state index in [2.05, 4.69) is 45.0 Å². The number of halogens is 1. The molecule has 1 aromatic rings. The number of aromatic nitrogens is 2. The average molecular weight is 286 g/mol. The molecule has 110 valence electrons. The fourth-order valence-electron chi connectivity index (χ4n) is 2.52. The van der Waals surface area contributed by atoms with Crippen LogP contribution < -0.4 is 5.32 Å². The molecule has 0 radical (unpaired) electrons. The molecule has 1 rings (SSSR count). The molecule has 3 nitrogen and oxygen atoms in total. The van der Waals surface area contributed by atoms with Crippen molar-refractivity contribution in [2.24, 2.45) is 12.5 Å². The Morgan fingerprint density at radius 2 is 1.95 bits per heavy atom. The predicted octanol–water partition coefficient (Wildman–Crippen LogP) is 3.59. The monoisotopic (exact) mass is 285 g/mol. The minimum Gasteiger partial charge on any atom is -0.314 e. The van der Waals surface area contributed by atoms with Gasteiger partial charge in [0, 0.05) is 19.5 Å². The molecule has 0 aliphatic rings. The molecular weight excluding hydrogens is 258 g/mol. The Labute approximate surface area is 122 Å². The highest BCUT2D eigenvalue weighted by molar-refractivity contribution is 6.31. The first-order chi connectivity index (χ1) is 8.78. The van der Waals surface area contributed by atoms with Gasteiger partial charge in [0.2, 0.25) is 0 Å². The molecule has 0 bridgehead atoms. The van der Waals surface area contributed by atoms with Crippen LogP contribution in [0.1, 0.15) is 52.4 Å². The fraction of sp³-hybridized carbons (Fsp3) is 0.800. The Balaban J connectivity index is 2.87. The van der Waals surface area contributed by atoms with Gasteiger partial charge in [-0.3, -0.25) is 4.68 Å². The van der Waals surface area contributed by atoms with Crippen molar-refractivity contribution in [3.63, 3.8) is 0 Å². The van der Waals surface area contributed by atoms with Gasteiger partial charge < -0.3 is 5.32 Å². The summed E-state index contributed by atoms with van der Waals surface area (Å²) >= 11 is 6.43. The Morgan fingerprint density at radius 1 is 1.32 bits per heavy atom. The number of aryl methyl sites for hydroxylation is 2. The van der Waals surface area contributed by atoms with Crippen LogP contribution in [0.4, 0.5) is 0 Å². The summed E-state index contributed by atoms with van der Waals surface area (Å²) in [6.45, 7) is 12.1. The van der Waals surface area contributed by atoms with E-state index in [0.29, 0.717) is 11.5 Å². The third-order valence-corrected chi connectivity index (χ3v) is 3.73. The number of nitrogens with one attached hydrogen (secondary N) is 1. The first kappa shape index (κ1) is 16.5. The quantitative estimate of drug-likeness (QED) is 0.866. The molecule has 1 heterocycles. The number of likely N-dealkylation sites (N-methyl/N-ethyl adjacent to an activating group) is 1. The summed E-state index contributed by atoms with van der Waals surface area (Å²) in [7, 11) is 1.99. The number of nitrogens with zero attached hydrogens (tertiary/aromatic N) is 2. The lowest BCUT2D eigenvalue weighted by molar-refractivity contribution is 0.306. The third kappa shape index (κ3) is 4.81. The highest BCUT2D eigenvalue weighted by Gasteiger charge is 2.22. The van der Waals surface area contributed by atoms with Gasteiger partial charge in [0.05, 0.1) is 16.4 Å². The topological polar surface area (TPSA) is 29.9 Å². The smallest absolute Gasteiger partial charge is 0.0850 e. The van der Waals surface area contributed by atoms with E-state index in [-0.39, 0.29) is 0 Å². The van der Waals surface area contributed by atoms with Crippen LogP contribution in [0.15, 0.2) is 0 Å². The third-order valence-electron chi connectivity index (χ3n) is 3.29. The summed E-state index contributed by atoms with van der Waals surface area (Å²) in [5, 5.41) is 8.91. The van der Waals surface area contributed by atoms with Crippen molar-refractivity contribution in [1.29, 1.82) is 0 Å². The Kier molecular flexibility index (Phi) is 5.87. The second-order valence-corrected chi connectivity index (χ2v) is 6.79. The van der Waals surface area contributed by atoms with Gasteiger partial charge in [-0.2, -0.15) is 5.10 Å². The molecule has 0 saturated carbocycles. The zero-order valence-electron chi connectivity index (χ0n) is 13.2. The average Bonchev–Trinajstić information content (AvgIpc) is 2.54. The summed E-state index contributed by atoms with van der Waals surface area (Å²) in [4.78, 5) is 0. The predicted molar refractivity (Wildman–Crippen MR) is 82.8 cm³/mol. The van der Waals surface area contributed by atoms with Crippen LogP contribution in [0, 0.1) is 5.41 Å². The molecule has 4 heteroatoms. The Morgan fingerprint density at radius 3 is 2.37 bits per heavy atom. The maximum atomic E-state index is 6.43. The lowest BCUT2D eigenvalue weighted by atomic mass is 9.86. The minimum absolute atomic E-state index is 0.311. The van der Waals surface area contributed by atoms with Crippen LogP contribution in [0.25, 0.3) is 0 Å². The van der Waals surface area contributed by atoms with Crippen LogP contribution in [-0.4, -0.2) is 22.4 Å². The SMILES string of the molecule is CCNC(Cc1c(Cl)c(CC)nn1C)CC(C)(C)C. The second-order valence-electron chi connectivity index (χ2n) is 6.41.